The van der Waals surface area contributed by atoms with Crippen molar-refractivity contribution >= 4 is 25.5 Å². The van der Waals surface area contributed by atoms with Crippen LogP contribution in [0.4, 0.5) is 9.59 Å². The molecule has 5 nitrogen and oxygen atoms in total. The summed E-state index contributed by atoms with van der Waals surface area (Å²) in [4.78, 5) is 26.1. The summed E-state index contributed by atoms with van der Waals surface area (Å²) in [6.45, 7) is 7.18. The van der Waals surface area contributed by atoms with Crippen LogP contribution in [0.3, 0.4) is 0 Å². The second kappa shape index (κ2) is 8.06. The number of likely N-dealkylation sites (tertiary alicyclic amines) is 1. The fourth-order valence-corrected chi connectivity index (χ4v) is 6.00. The third kappa shape index (κ3) is 5.55. The minimum absolute atomic E-state index is 0.0560. The zero-order chi connectivity index (χ0) is 17.7. The number of hydrogen-bond acceptors (Lipinski definition) is 4. The van der Waals surface area contributed by atoms with Crippen molar-refractivity contribution in [3.8, 4) is 0 Å². The first-order valence-corrected chi connectivity index (χ1v) is 12.1. The van der Waals surface area contributed by atoms with Gasteiger partial charge in [0.05, 0.1) is 0 Å². The zero-order valence-electron chi connectivity index (χ0n) is 14.8. The number of ether oxygens (including phenoxy) is 2. The molecule has 1 amide bonds. The van der Waals surface area contributed by atoms with Gasteiger partial charge in [0, 0.05) is 0 Å². The van der Waals surface area contributed by atoms with Gasteiger partial charge < -0.3 is 0 Å². The Kier molecular flexibility index (Phi) is 6.33. The number of benzene rings is 1. The Balaban J connectivity index is 1.81. The van der Waals surface area contributed by atoms with Crippen LogP contribution < -0.4 is 0 Å². The molecule has 1 aliphatic heterocycles. The first-order valence-electron chi connectivity index (χ1n) is 8.18. The molecule has 1 aromatic rings. The van der Waals surface area contributed by atoms with Crippen LogP contribution in [0, 0.1) is 0 Å². The summed E-state index contributed by atoms with van der Waals surface area (Å²) >= 11 is -1.79. The topological polar surface area (TPSA) is 55.8 Å². The summed E-state index contributed by atoms with van der Waals surface area (Å²) in [7, 11) is 0. The van der Waals surface area contributed by atoms with Gasteiger partial charge in [-0.05, 0) is 0 Å². The van der Waals surface area contributed by atoms with Crippen molar-refractivity contribution in [2.45, 2.75) is 49.8 Å². The zero-order valence-corrected chi connectivity index (χ0v) is 16.7. The van der Waals surface area contributed by atoms with Crippen LogP contribution in [0.2, 0.25) is 10.4 Å². The molecule has 1 saturated heterocycles. The Morgan fingerprint density at radius 2 is 1.92 bits per heavy atom. The summed E-state index contributed by atoms with van der Waals surface area (Å²) in [6, 6.07) is 9.63. The van der Waals surface area contributed by atoms with Crippen molar-refractivity contribution in [3.63, 3.8) is 0 Å². The van der Waals surface area contributed by atoms with Gasteiger partial charge in [0.25, 0.3) is 0 Å². The Morgan fingerprint density at radius 1 is 1.25 bits per heavy atom. The van der Waals surface area contributed by atoms with Crippen LogP contribution in [-0.4, -0.2) is 49.1 Å². The Labute approximate surface area is 148 Å². The van der Waals surface area contributed by atoms with Gasteiger partial charge in [0.15, 0.2) is 0 Å². The summed E-state index contributed by atoms with van der Waals surface area (Å²) in [6.07, 6.45) is 0.559. The van der Waals surface area contributed by atoms with Crippen LogP contribution in [0.5, 0.6) is 0 Å². The number of carbonyl (C=O) groups is 2. The van der Waals surface area contributed by atoms with E-state index < -0.39 is 20.3 Å². The maximum atomic E-state index is 12.2. The molecule has 2 atom stereocenters. The van der Waals surface area contributed by atoms with E-state index in [1.807, 2.05) is 56.8 Å². The molecule has 0 N–H and O–H groups in total. The van der Waals surface area contributed by atoms with E-state index >= 15 is 0 Å². The van der Waals surface area contributed by atoms with E-state index in [9.17, 15) is 9.59 Å². The van der Waals surface area contributed by atoms with Gasteiger partial charge in [-0.3, -0.25) is 0 Å². The molecule has 1 unspecified atom stereocenters. The van der Waals surface area contributed by atoms with Gasteiger partial charge in [0.2, 0.25) is 0 Å². The fourth-order valence-electron chi connectivity index (χ4n) is 2.52. The van der Waals surface area contributed by atoms with Crippen LogP contribution in [0.1, 0.15) is 32.8 Å². The summed E-state index contributed by atoms with van der Waals surface area (Å²) in [5.41, 5.74) is 2.54. The van der Waals surface area contributed by atoms with Crippen molar-refractivity contribution in [2.24, 2.45) is 0 Å². The predicted molar refractivity (Wildman–Crippen MR) is 94.4 cm³/mol. The number of amides is 1. The van der Waals surface area contributed by atoms with Gasteiger partial charge >= 0.3 is 148 Å². The quantitative estimate of drug-likeness (QED) is 0.722. The molecule has 0 bridgehead atoms. The van der Waals surface area contributed by atoms with Crippen LogP contribution in [0.15, 0.2) is 30.3 Å². The molecular formula is C18H26AsNO4. The maximum absolute atomic E-state index is 12.2. The number of hydrogen-bond donors (Lipinski definition) is 0. The van der Waals surface area contributed by atoms with E-state index in [1.165, 1.54) is 0 Å². The average Bonchev–Trinajstić information content (AvgIpc) is 3.01. The van der Waals surface area contributed by atoms with E-state index in [0.717, 1.165) is 12.0 Å². The van der Waals surface area contributed by atoms with Crippen molar-refractivity contribution in [1.29, 1.82) is 0 Å². The second-order valence-electron chi connectivity index (χ2n) is 7.02. The molecule has 6 heteroatoms. The predicted octanol–water partition coefficient (Wildman–Crippen LogP) is 4.04. The van der Waals surface area contributed by atoms with Gasteiger partial charge in [-0.2, -0.15) is 0 Å². The van der Waals surface area contributed by atoms with Crippen LogP contribution >= 0.6 is 0 Å². The molecule has 24 heavy (non-hydrogen) atoms. The molecule has 0 saturated carbocycles. The van der Waals surface area contributed by atoms with E-state index in [1.54, 1.807) is 4.90 Å². The molecular weight excluding hydrogens is 369 g/mol. The summed E-state index contributed by atoms with van der Waals surface area (Å²) in [5.74, 6) is 0. The van der Waals surface area contributed by atoms with Crippen molar-refractivity contribution < 1.29 is 19.1 Å². The average molecular weight is 395 g/mol. The summed E-state index contributed by atoms with van der Waals surface area (Å²) in [5, 5.41) is 0. The van der Waals surface area contributed by atoms with Gasteiger partial charge in [0.1, 0.15) is 0 Å². The molecule has 2 rings (SSSR count). The third-order valence-corrected chi connectivity index (χ3v) is 8.44. The first kappa shape index (κ1) is 18.9. The number of nitrogens with zero attached hydrogens (tertiary/aromatic N) is 1. The SMILES string of the molecule is C[As](C(=O)OC(C)(C)C)[C@@H]1CCN(C(=O)OCc2ccccc2)C1. The van der Waals surface area contributed by atoms with Gasteiger partial charge in [-0.15, -0.1) is 0 Å². The molecule has 1 aromatic carbocycles. The first-order chi connectivity index (χ1) is 11.3. The molecule has 0 spiro atoms. The monoisotopic (exact) mass is 395 g/mol. The van der Waals surface area contributed by atoms with E-state index in [2.05, 4.69) is 0 Å². The van der Waals surface area contributed by atoms with Crippen LogP contribution in [0.25, 0.3) is 0 Å². The molecule has 0 radical (unpaired) electrons. The Morgan fingerprint density at radius 3 is 2.54 bits per heavy atom. The fraction of sp³-hybridized carbons (Fsp3) is 0.556. The Bertz CT molecular complexity index is 570. The van der Waals surface area contributed by atoms with E-state index in [-0.39, 0.29) is 22.2 Å². The van der Waals surface area contributed by atoms with Gasteiger partial charge in [-0.1, -0.05) is 0 Å². The number of rotatable bonds is 4. The third-order valence-electron chi connectivity index (χ3n) is 3.86. The van der Waals surface area contributed by atoms with Crippen molar-refractivity contribution in [1.82, 2.24) is 4.90 Å². The van der Waals surface area contributed by atoms with Crippen molar-refractivity contribution in [2.75, 3.05) is 13.1 Å². The molecule has 0 aromatic heterocycles. The van der Waals surface area contributed by atoms with Gasteiger partial charge in [-0.25, -0.2) is 0 Å². The normalized spacial score (nSPS) is 19.0. The molecule has 1 fully saturated rings. The molecule has 132 valence electrons. The second-order valence-corrected chi connectivity index (χ2v) is 11.9. The summed E-state index contributed by atoms with van der Waals surface area (Å²) < 4.78 is 11.1. The minimum atomic E-state index is -1.79. The van der Waals surface area contributed by atoms with Crippen LogP contribution in [-0.2, 0) is 16.1 Å². The molecule has 1 heterocycles. The van der Waals surface area contributed by atoms with E-state index in [0.29, 0.717) is 13.1 Å². The molecule has 0 aliphatic carbocycles. The molecule has 1 aliphatic rings. The van der Waals surface area contributed by atoms with Crippen molar-refractivity contribution in [3.05, 3.63) is 35.9 Å². The standard InChI is InChI=1S/C18H26AsNO4/c1-18(2,3)24-16(21)19(4)15-10-11-20(12-15)17(22)23-13-14-8-6-5-7-9-14/h5-9,15H,10-13H2,1-4H3/t15-,19?/m1/s1. The Hall–Kier alpha value is -1.48. The number of carbonyl (C=O) groups excluding carboxylic acids is 2. The van der Waals surface area contributed by atoms with E-state index in [4.69, 9.17) is 9.47 Å².